The van der Waals surface area contributed by atoms with Crippen LogP contribution in [0.1, 0.15) is 47.5 Å². The monoisotopic (exact) mass is 247 g/mol. The van der Waals surface area contributed by atoms with E-state index in [2.05, 4.69) is 6.92 Å². The van der Waals surface area contributed by atoms with E-state index in [9.17, 15) is 4.79 Å². The summed E-state index contributed by atoms with van der Waals surface area (Å²) in [5.41, 5.74) is -0.272. The number of amides is 1. The Bertz CT molecular complexity index is 210. The third-order valence-electron chi connectivity index (χ3n) is 2.80. The van der Waals surface area contributed by atoms with Crippen LogP contribution in [0.3, 0.4) is 0 Å². The molecule has 1 atom stereocenters. The molecule has 0 aromatic rings. The molecule has 1 amide bonds. The molecule has 3 heteroatoms. The lowest BCUT2D eigenvalue weighted by Crippen LogP contribution is -2.40. The molecule has 0 radical (unpaired) electrons. The number of halogens is 1. The van der Waals surface area contributed by atoms with E-state index < -0.39 is 0 Å². The average molecular weight is 248 g/mol. The number of hydrogen-bond donors (Lipinski definition) is 0. The number of rotatable bonds is 6. The highest BCUT2D eigenvalue weighted by atomic mass is 35.5. The van der Waals surface area contributed by atoms with Gasteiger partial charge in [0, 0.05) is 24.4 Å². The molecule has 0 aromatic carbocycles. The van der Waals surface area contributed by atoms with Crippen LogP contribution in [0.15, 0.2) is 0 Å². The summed E-state index contributed by atoms with van der Waals surface area (Å²) in [4.78, 5) is 14.0. The van der Waals surface area contributed by atoms with Gasteiger partial charge in [0.2, 0.25) is 5.91 Å². The lowest BCUT2D eigenvalue weighted by atomic mass is 9.94. The predicted molar refractivity (Wildman–Crippen MR) is 70.8 cm³/mol. The summed E-state index contributed by atoms with van der Waals surface area (Å²) in [6.45, 7) is 11.8. The molecule has 0 heterocycles. The molecule has 0 aliphatic heterocycles. The van der Waals surface area contributed by atoms with Crippen molar-refractivity contribution in [3.05, 3.63) is 0 Å². The van der Waals surface area contributed by atoms with E-state index in [-0.39, 0.29) is 11.3 Å². The number of carbonyl (C=O) groups is 1. The molecule has 0 N–H and O–H groups in total. The second kappa shape index (κ2) is 7.16. The summed E-state index contributed by atoms with van der Waals surface area (Å²) in [7, 11) is 0. The van der Waals surface area contributed by atoms with Crippen LogP contribution >= 0.6 is 11.6 Å². The first-order valence-corrected chi connectivity index (χ1v) is 6.71. The fourth-order valence-electron chi connectivity index (χ4n) is 1.58. The summed E-state index contributed by atoms with van der Waals surface area (Å²) in [6, 6.07) is 0. The Balaban J connectivity index is 4.16. The fraction of sp³-hybridized carbons (Fsp3) is 0.923. The Morgan fingerprint density at radius 1 is 1.31 bits per heavy atom. The van der Waals surface area contributed by atoms with Gasteiger partial charge in [0.1, 0.15) is 0 Å². The second-order valence-electron chi connectivity index (χ2n) is 5.51. The second-order valence-corrected chi connectivity index (χ2v) is 5.88. The first-order valence-electron chi connectivity index (χ1n) is 6.18. The summed E-state index contributed by atoms with van der Waals surface area (Å²) in [5, 5.41) is 0. The molecule has 0 saturated carbocycles. The van der Waals surface area contributed by atoms with Gasteiger partial charge in [-0.05, 0) is 25.7 Å². The Hall–Kier alpha value is -0.240. The number of alkyl halides is 1. The number of nitrogens with zero attached hydrogens (tertiary/aromatic N) is 1. The highest BCUT2D eigenvalue weighted by molar-refractivity contribution is 6.17. The van der Waals surface area contributed by atoms with E-state index in [1.165, 1.54) is 0 Å². The summed E-state index contributed by atoms with van der Waals surface area (Å²) in [6.07, 6.45) is 2.07. The predicted octanol–water partition coefficient (Wildman–Crippen LogP) is 3.54. The zero-order valence-corrected chi connectivity index (χ0v) is 12.1. The molecule has 2 nitrogen and oxygen atoms in total. The van der Waals surface area contributed by atoms with Gasteiger partial charge in [-0.3, -0.25) is 4.79 Å². The zero-order chi connectivity index (χ0) is 12.8. The molecule has 16 heavy (non-hydrogen) atoms. The van der Waals surface area contributed by atoms with Crippen molar-refractivity contribution in [3.63, 3.8) is 0 Å². The fourth-order valence-corrected chi connectivity index (χ4v) is 1.96. The number of hydrogen-bond acceptors (Lipinski definition) is 1. The lowest BCUT2D eigenvalue weighted by Gasteiger charge is -2.29. The molecule has 96 valence electrons. The Labute approximate surface area is 105 Å². The molecule has 0 bridgehead atoms. The topological polar surface area (TPSA) is 20.3 Å². The highest BCUT2D eigenvalue weighted by Crippen LogP contribution is 2.18. The van der Waals surface area contributed by atoms with Crippen molar-refractivity contribution in [1.82, 2.24) is 4.90 Å². The maximum absolute atomic E-state index is 12.1. The van der Waals surface area contributed by atoms with Crippen molar-refractivity contribution >= 4 is 17.5 Å². The minimum atomic E-state index is -0.272. The summed E-state index contributed by atoms with van der Waals surface area (Å²) in [5.74, 6) is 1.55. The molecule has 0 aliphatic carbocycles. The molecule has 0 fully saturated rings. The molecule has 0 spiro atoms. The van der Waals surface area contributed by atoms with Crippen molar-refractivity contribution in [3.8, 4) is 0 Å². The van der Waals surface area contributed by atoms with Crippen molar-refractivity contribution < 1.29 is 4.79 Å². The maximum atomic E-state index is 12.1. The zero-order valence-electron chi connectivity index (χ0n) is 11.3. The Morgan fingerprint density at radius 2 is 1.88 bits per heavy atom. The van der Waals surface area contributed by atoms with Crippen LogP contribution in [0.5, 0.6) is 0 Å². The summed E-state index contributed by atoms with van der Waals surface area (Å²) >= 11 is 5.70. The first kappa shape index (κ1) is 15.8. The molecule has 0 aromatic heterocycles. The SMILES string of the molecule is CCN(CCC(C)CCCl)C(=O)C(C)(C)C. The first-order chi connectivity index (χ1) is 7.32. The van der Waals surface area contributed by atoms with E-state index in [4.69, 9.17) is 11.6 Å². The molecular weight excluding hydrogens is 222 g/mol. The van der Waals surface area contributed by atoms with Gasteiger partial charge in [-0.25, -0.2) is 0 Å². The van der Waals surface area contributed by atoms with Crippen LogP contribution in [0.25, 0.3) is 0 Å². The van der Waals surface area contributed by atoms with Gasteiger partial charge >= 0.3 is 0 Å². The van der Waals surface area contributed by atoms with Gasteiger partial charge in [0.15, 0.2) is 0 Å². The smallest absolute Gasteiger partial charge is 0.227 e. The quantitative estimate of drug-likeness (QED) is 0.658. The standard InChI is InChI=1S/C13H26ClNO/c1-6-15(12(16)13(3,4)5)10-8-11(2)7-9-14/h11H,6-10H2,1-5H3. The van der Waals surface area contributed by atoms with Gasteiger partial charge in [-0.1, -0.05) is 27.7 Å². The third-order valence-corrected chi connectivity index (χ3v) is 3.02. The van der Waals surface area contributed by atoms with Gasteiger partial charge in [-0.15, -0.1) is 11.6 Å². The Morgan fingerprint density at radius 3 is 2.25 bits per heavy atom. The van der Waals surface area contributed by atoms with Crippen molar-refractivity contribution in [2.45, 2.75) is 47.5 Å². The van der Waals surface area contributed by atoms with Gasteiger partial charge in [0.25, 0.3) is 0 Å². The lowest BCUT2D eigenvalue weighted by molar-refractivity contribution is -0.139. The van der Waals surface area contributed by atoms with Crippen LogP contribution < -0.4 is 0 Å². The molecule has 1 unspecified atom stereocenters. The van der Waals surface area contributed by atoms with E-state index in [0.29, 0.717) is 11.8 Å². The molecule has 0 rings (SSSR count). The van der Waals surface area contributed by atoms with Crippen LogP contribution in [0.2, 0.25) is 0 Å². The van der Waals surface area contributed by atoms with Crippen LogP contribution in [0, 0.1) is 11.3 Å². The van der Waals surface area contributed by atoms with Crippen molar-refractivity contribution in [2.24, 2.45) is 11.3 Å². The molecule has 0 saturated heterocycles. The highest BCUT2D eigenvalue weighted by Gasteiger charge is 2.26. The van der Waals surface area contributed by atoms with E-state index in [0.717, 1.165) is 25.9 Å². The van der Waals surface area contributed by atoms with Crippen LogP contribution in [-0.4, -0.2) is 29.8 Å². The van der Waals surface area contributed by atoms with Crippen molar-refractivity contribution in [1.29, 1.82) is 0 Å². The van der Waals surface area contributed by atoms with Crippen LogP contribution in [-0.2, 0) is 4.79 Å². The summed E-state index contributed by atoms with van der Waals surface area (Å²) < 4.78 is 0. The third kappa shape index (κ3) is 5.74. The van der Waals surface area contributed by atoms with Gasteiger partial charge in [0.05, 0.1) is 0 Å². The maximum Gasteiger partial charge on any atom is 0.227 e. The molecule has 0 aliphatic rings. The number of carbonyl (C=O) groups excluding carboxylic acids is 1. The minimum absolute atomic E-state index is 0.244. The normalized spacial score (nSPS) is 13.6. The minimum Gasteiger partial charge on any atom is -0.343 e. The largest absolute Gasteiger partial charge is 0.343 e. The molecular formula is C13H26ClNO. The Kier molecular flexibility index (Phi) is 7.05. The van der Waals surface area contributed by atoms with E-state index in [1.54, 1.807) is 0 Å². The average Bonchev–Trinajstić information content (AvgIpc) is 2.17. The van der Waals surface area contributed by atoms with Crippen molar-refractivity contribution in [2.75, 3.05) is 19.0 Å². The van der Waals surface area contributed by atoms with Gasteiger partial charge < -0.3 is 4.90 Å². The van der Waals surface area contributed by atoms with E-state index in [1.807, 2.05) is 32.6 Å². The van der Waals surface area contributed by atoms with E-state index >= 15 is 0 Å². The van der Waals surface area contributed by atoms with Gasteiger partial charge in [-0.2, -0.15) is 0 Å². The van der Waals surface area contributed by atoms with Crippen LogP contribution in [0.4, 0.5) is 0 Å².